The lowest BCUT2D eigenvalue weighted by molar-refractivity contribution is -0.0979. The Hall–Kier alpha value is -1.09. The van der Waals surface area contributed by atoms with Gasteiger partial charge in [-0.1, -0.05) is 28.1 Å². The zero-order valence-corrected chi connectivity index (χ0v) is 8.75. The highest BCUT2D eigenvalue weighted by atomic mass is 79.9. The van der Waals surface area contributed by atoms with Gasteiger partial charge in [0.15, 0.2) is 0 Å². The van der Waals surface area contributed by atoms with Gasteiger partial charge in [-0.15, -0.1) is 6.58 Å². The highest BCUT2D eigenvalue weighted by Crippen LogP contribution is 2.25. The molecule has 0 spiro atoms. The molecule has 1 N–H and O–H groups in total. The second-order valence-corrected chi connectivity index (χ2v) is 3.08. The second kappa shape index (κ2) is 6.43. The minimum atomic E-state index is 0.319. The molecule has 0 aliphatic rings. The average Bonchev–Trinajstić information content (AvgIpc) is 2.15. The van der Waals surface area contributed by atoms with Crippen LogP contribution in [0.3, 0.4) is 0 Å². The third kappa shape index (κ3) is 3.42. The molecule has 1 aromatic rings. The Balaban J connectivity index is 0.000000671. The Bertz CT molecular complexity index is 264. The van der Waals surface area contributed by atoms with Crippen LogP contribution in [-0.4, -0.2) is 11.9 Å². The van der Waals surface area contributed by atoms with E-state index in [4.69, 9.17) is 4.79 Å². The van der Waals surface area contributed by atoms with E-state index in [0.717, 1.165) is 10.0 Å². The van der Waals surface area contributed by atoms with Gasteiger partial charge in [-0.25, -0.2) is 0 Å². The van der Waals surface area contributed by atoms with E-state index < -0.39 is 0 Å². The normalized spacial score (nSPS) is 8.38. The molecular formula is C10H11BrO2. The molecular weight excluding hydrogens is 232 g/mol. The van der Waals surface area contributed by atoms with E-state index in [2.05, 4.69) is 22.5 Å². The molecule has 0 aliphatic carbocycles. The van der Waals surface area contributed by atoms with Crippen molar-refractivity contribution in [2.75, 3.05) is 0 Å². The summed E-state index contributed by atoms with van der Waals surface area (Å²) in [4.78, 5) is 8.00. The summed E-state index contributed by atoms with van der Waals surface area (Å²) in [6, 6.07) is 5.37. The lowest BCUT2D eigenvalue weighted by atomic mass is 10.1. The minimum Gasteiger partial charge on any atom is -0.508 e. The Morgan fingerprint density at radius 2 is 2.08 bits per heavy atom. The molecule has 13 heavy (non-hydrogen) atoms. The van der Waals surface area contributed by atoms with Gasteiger partial charge >= 0.3 is 0 Å². The SMILES string of the molecule is C=CCc1c(O)cccc1Br.C=O. The maximum atomic E-state index is 9.34. The molecule has 0 fully saturated rings. The lowest BCUT2D eigenvalue weighted by Crippen LogP contribution is -1.83. The molecule has 1 rings (SSSR count). The summed E-state index contributed by atoms with van der Waals surface area (Å²) in [7, 11) is 0. The fraction of sp³-hybridized carbons (Fsp3) is 0.100. The van der Waals surface area contributed by atoms with Crippen molar-refractivity contribution in [3.05, 3.63) is 40.9 Å². The van der Waals surface area contributed by atoms with Crippen LogP contribution in [0.25, 0.3) is 0 Å². The topological polar surface area (TPSA) is 37.3 Å². The molecule has 0 atom stereocenters. The minimum absolute atomic E-state index is 0.319. The van der Waals surface area contributed by atoms with Crippen LogP contribution in [0.2, 0.25) is 0 Å². The van der Waals surface area contributed by atoms with Crippen molar-refractivity contribution in [3.63, 3.8) is 0 Å². The Kier molecular flexibility index (Phi) is 5.89. The number of aromatic hydroxyl groups is 1. The Morgan fingerprint density at radius 3 is 2.54 bits per heavy atom. The molecule has 0 heterocycles. The number of carbonyl (C=O) groups is 1. The monoisotopic (exact) mass is 242 g/mol. The fourth-order valence-electron chi connectivity index (χ4n) is 0.894. The molecule has 0 amide bonds. The van der Waals surface area contributed by atoms with Crippen molar-refractivity contribution in [2.24, 2.45) is 0 Å². The Labute approximate surface area is 86.0 Å². The van der Waals surface area contributed by atoms with Gasteiger partial charge in [-0.3, -0.25) is 0 Å². The largest absolute Gasteiger partial charge is 0.508 e. The smallest absolute Gasteiger partial charge is 0.120 e. The average molecular weight is 243 g/mol. The summed E-state index contributed by atoms with van der Waals surface area (Å²) in [6.07, 6.45) is 2.45. The van der Waals surface area contributed by atoms with Crippen LogP contribution in [-0.2, 0) is 11.2 Å². The first-order valence-corrected chi connectivity index (χ1v) is 4.41. The van der Waals surface area contributed by atoms with E-state index in [9.17, 15) is 5.11 Å². The first-order chi connectivity index (χ1) is 6.25. The summed E-state index contributed by atoms with van der Waals surface area (Å²) < 4.78 is 0.928. The molecule has 0 radical (unpaired) electrons. The van der Waals surface area contributed by atoms with Crippen molar-refractivity contribution < 1.29 is 9.90 Å². The quantitative estimate of drug-likeness (QED) is 0.811. The molecule has 3 heteroatoms. The van der Waals surface area contributed by atoms with E-state index in [0.29, 0.717) is 12.2 Å². The zero-order valence-electron chi connectivity index (χ0n) is 7.16. The van der Waals surface area contributed by atoms with Crippen LogP contribution >= 0.6 is 15.9 Å². The predicted molar refractivity (Wildman–Crippen MR) is 56.8 cm³/mol. The molecule has 2 nitrogen and oxygen atoms in total. The number of phenolic OH excluding ortho intramolecular Hbond substituents is 1. The van der Waals surface area contributed by atoms with E-state index >= 15 is 0 Å². The first-order valence-electron chi connectivity index (χ1n) is 3.62. The van der Waals surface area contributed by atoms with Gasteiger partial charge in [0.25, 0.3) is 0 Å². The van der Waals surface area contributed by atoms with Crippen molar-refractivity contribution in [3.8, 4) is 5.75 Å². The summed E-state index contributed by atoms with van der Waals surface area (Å²) >= 11 is 3.34. The van der Waals surface area contributed by atoms with Gasteiger partial charge < -0.3 is 9.90 Å². The molecule has 0 aromatic heterocycles. The zero-order chi connectivity index (χ0) is 10.3. The van der Waals surface area contributed by atoms with Crippen LogP contribution in [0.4, 0.5) is 0 Å². The van der Waals surface area contributed by atoms with Crippen molar-refractivity contribution in [2.45, 2.75) is 6.42 Å². The molecule has 0 unspecified atom stereocenters. The van der Waals surface area contributed by atoms with Crippen LogP contribution in [0.1, 0.15) is 5.56 Å². The van der Waals surface area contributed by atoms with Crippen LogP contribution < -0.4 is 0 Å². The summed E-state index contributed by atoms with van der Waals surface area (Å²) in [5.74, 6) is 0.319. The van der Waals surface area contributed by atoms with Crippen LogP contribution in [0.5, 0.6) is 5.75 Å². The fourth-order valence-corrected chi connectivity index (χ4v) is 1.41. The second-order valence-electron chi connectivity index (χ2n) is 2.23. The van der Waals surface area contributed by atoms with Gasteiger partial charge in [0.05, 0.1) is 0 Å². The van der Waals surface area contributed by atoms with Gasteiger partial charge in [-0.05, 0) is 18.6 Å². The third-order valence-corrected chi connectivity index (χ3v) is 2.19. The highest BCUT2D eigenvalue weighted by molar-refractivity contribution is 9.10. The number of benzene rings is 1. The first kappa shape index (κ1) is 11.9. The summed E-state index contributed by atoms with van der Waals surface area (Å²) in [5.41, 5.74) is 0.891. The number of hydrogen-bond donors (Lipinski definition) is 1. The van der Waals surface area contributed by atoms with Gasteiger partial charge in [-0.2, -0.15) is 0 Å². The predicted octanol–water partition coefficient (Wildman–Crippen LogP) is 2.70. The summed E-state index contributed by atoms with van der Waals surface area (Å²) in [6.45, 7) is 5.61. The molecule has 0 saturated carbocycles. The third-order valence-electron chi connectivity index (χ3n) is 1.44. The number of rotatable bonds is 2. The Morgan fingerprint density at radius 1 is 1.46 bits per heavy atom. The number of halogens is 1. The van der Waals surface area contributed by atoms with Gasteiger partial charge in [0, 0.05) is 10.0 Å². The molecule has 0 saturated heterocycles. The van der Waals surface area contributed by atoms with Crippen molar-refractivity contribution in [1.29, 1.82) is 0 Å². The van der Waals surface area contributed by atoms with Gasteiger partial charge in [0.1, 0.15) is 12.5 Å². The number of carbonyl (C=O) groups excluding carboxylic acids is 1. The van der Waals surface area contributed by atoms with E-state index in [1.54, 1.807) is 18.2 Å². The van der Waals surface area contributed by atoms with Crippen LogP contribution in [0.15, 0.2) is 35.3 Å². The highest BCUT2D eigenvalue weighted by Gasteiger charge is 2.01. The molecule has 1 aromatic carbocycles. The molecule has 0 bridgehead atoms. The molecule has 0 aliphatic heterocycles. The molecule has 70 valence electrons. The maximum absolute atomic E-state index is 9.34. The lowest BCUT2D eigenvalue weighted by Gasteiger charge is -2.02. The number of allylic oxidation sites excluding steroid dienone is 1. The van der Waals surface area contributed by atoms with Gasteiger partial charge in [0.2, 0.25) is 0 Å². The number of phenols is 1. The van der Waals surface area contributed by atoms with E-state index in [1.807, 2.05) is 12.9 Å². The van der Waals surface area contributed by atoms with Crippen LogP contribution in [0, 0.1) is 0 Å². The standard InChI is InChI=1S/C9H9BrO.CH2O/c1-2-4-7-8(10)5-3-6-9(7)11;1-2/h2-3,5-6,11H,1,4H2;1H2. The number of hydrogen-bond acceptors (Lipinski definition) is 2. The van der Waals surface area contributed by atoms with E-state index in [1.165, 1.54) is 0 Å². The maximum Gasteiger partial charge on any atom is 0.120 e. The van der Waals surface area contributed by atoms with Crippen molar-refractivity contribution in [1.82, 2.24) is 0 Å². The van der Waals surface area contributed by atoms with Crippen molar-refractivity contribution >= 4 is 22.7 Å². The summed E-state index contributed by atoms with van der Waals surface area (Å²) in [5, 5.41) is 9.34. The van der Waals surface area contributed by atoms with E-state index in [-0.39, 0.29) is 0 Å².